The molecule has 0 atom stereocenters. The molecule has 1 aliphatic carbocycles. The lowest BCUT2D eigenvalue weighted by Gasteiger charge is -2.11. The molecule has 17 heavy (non-hydrogen) atoms. The van der Waals surface area contributed by atoms with Crippen LogP contribution in [0.25, 0.3) is 0 Å². The highest BCUT2D eigenvalue weighted by Gasteiger charge is 2.13. The first kappa shape index (κ1) is 12.1. The van der Waals surface area contributed by atoms with Crippen LogP contribution in [-0.4, -0.2) is 6.54 Å². The lowest BCUT2D eigenvalue weighted by Crippen LogP contribution is -2.05. The zero-order valence-corrected chi connectivity index (χ0v) is 10.4. The van der Waals surface area contributed by atoms with Crippen LogP contribution in [0, 0.1) is 5.92 Å². The molecule has 0 radical (unpaired) electrons. The van der Waals surface area contributed by atoms with Gasteiger partial charge in [0.2, 0.25) is 0 Å². The Morgan fingerprint density at radius 1 is 1.12 bits per heavy atom. The average molecular weight is 233 g/mol. The number of anilines is 3. The molecule has 1 aromatic carbocycles. The first-order valence-corrected chi connectivity index (χ1v) is 6.64. The minimum atomic E-state index is 0.654. The van der Waals surface area contributed by atoms with Crippen molar-refractivity contribution in [3.05, 3.63) is 18.2 Å². The fourth-order valence-electron chi connectivity index (χ4n) is 2.61. The van der Waals surface area contributed by atoms with E-state index in [9.17, 15) is 0 Å². The molecule has 94 valence electrons. The van der Waals surface area contributed by atoms with Gasteiger partial charge in [-0.2, -0.15) is 0 Å². The van der Waals surface area contributed by atoms with E-state index in [1.54, 1.807) is 0 Å². The van der Waals surface area contributed by atoms with E-state index in [2.05, 4.69) is 5.32 Å². The maximum absolute atomic E-state index is 5.76. The minimum Gasteiger partial charge on any atom is -0.397 e. The third kappa shape index (κ3) is 3.55. The standard InChI is InChI=1S/C14H23N3/c15-13-8-7-12(10-14(13)16)17-9-3-6-11-4-1-2-5-11/h7-8,10-11,17H,1-6,9,15-16H2. The van der Waals surface area contributed by atoms with Crippen molar-refractivity contribution in [3.8, 4) is 0 Å². The van der Waals surface area contributed by atoms with Gasteiger partial charge in [-0.1, -0.05) is 25.7 Å². The summed E-state index contributed by atoms with van der Waals surface area (Å²) >= 11 is 0. The molecular weight excluding hydrogens is 210 g/mol. The molecule has 1 aromatic rings. The van der Waals surface area contributed by atoms with E-state index in [0.29, 0.717) is 11.4 Å². The summed E-state index contributed by atoms with van der Waals surface area (Å²) in [7, 11) is 0. The monoisotopic (exact) mass is 233 g/mol. The summed E-state index contributed by atoms with van der Waals surface area (Å²) in [5.41, 5.74) is 13.8. The molecule has 0 heterocycles. The second-order valence-electron chi connectivity index (χ2n) is 5.06. The molecule has 0 aromatic heterocycles. The van der Waals surface area contributed by atoms with E-state index in [-0.39, 0.29) is 0 Å². The predicted molar refractivity (Wildman–Crippen MR) is 74.9 cm³/mol. The lowest BCUT2D eigenvalue weighted by atomic mass is 10.0. The van der Waals surface area contributed by atoms with E-state index >= 15 is 0 Å². The number of nitrogens with two attached hydrogens (primary N) is 2. The normalized spacial score (nSPS) is 16.2. The van der Waals surface area contributed by atoms with E-state index in [0.717, 1.165) is 18.2 Å². The van der Waals surface area contributed by atoms with Gasteiger partial charge in [0.15, 0.2) is 0 Å². The number of hydrogen-bond acceptors (Lipinski definition) is 3. The molecule has 0 saturated heterocycles. The topological polar surface area (TPSA) is 64.1 Å². The third-order valence-electron chi connectivity index (χ3n) is 3.68. The van der Waals surface area contributed by atoms with Gasteiger partial charge in [0.1, 0.15) is 0 Å². The third-order valence-corrected chi connectivity index (χ3v) is 3.68. The Morgan fingerprint density at radius 3 is 2.59 bits per heavy atom. The fraction of sp³-hybridized carbons (Fsp3) is 0.571. The van der Waals surface area contributed by atoms with Gasteiger partial charge < -0.3 is 16.8 Å². The molecule has 0 spiro atoms. The first-order chi connectivity index (χ1) is 8.25. The summed E-state index contributed by atoms with van der Waals surface area (Å²) in [6, 6.07) is 5.75. The highest BCUT2D eigenvalue weighted by Crippen LogP contribution is 2.28. The van der Waals surface area contributed by atoms with Crippen LogP contribution >= 0.6 is 0 Å². The van der Waals surface area contributed by atoms with Gasteiger partial charge >= 0.3 is 0 Å². The van der Waals surface area contributed by atoms with Crippen molar-refractivity contribution in [2.24, 2.45) is 5.92 Å². The van der Waals surface area contributed by atoms with Crippen LogP contribution in [0.4, 0.5) is 17.1 Å². The van der Waals surface area contributed by atoms with Crippen molar-refractivity contribution in [3.63, 3.8) is 0 Å². The summed E-state index contributed by atoms with van der Waals surface area (Å²) in [6.07, 6.45) is 8.36. The largest absolute Gasteiger partial charge is 0.397 e. The second kappa shape index (κ2) is 5.80. The van der Waals surface area contributed by atoms with Crippen LogP contribution in [0.1, 0.15) is 38.5 Å². The van der Waals surface area contributed by atoms with Crippen LogP contribution in [0.3, 0.4) is 0 Å². The second-order valence-corrected chi connectivity index (χ2v) is 5.06. The van der Waals surface area contributed by atoms with E-state index in [1.165, 1.54) is 38.5 Å². The molecule has 5 N–H and O–H groups in total. The van der Waals surface area contributed by atoms with Gasteiger partial charge in [-0.3, -0.25) is 0 Å². The van der Waals surface area contributed by atoms with Crippen molar-refractivity contribution < 1.29 is 0 Å². The Bertz CT molecular complexity index is 356. The van der Waals surface area contributed by atoms with Crippen molar-refractivity contribution in [1.29, 1.82) is 0 Å². The molecule has 0 bridgehead atoms. The minimum absolute atomic E-state index is 0.654. The Labute approximate surface area is 104 Å². The Morgan fingerprint density at radius 2 is 1.88 bits per heavy atom. The van der Waals surface area contributed by atoms with Crippen LogP contribution in [0.5, 0.6) is 0 Å². The summed E-state index contributed by atoms with van der Waals surface area (Å²) in [6.45, 7) is 1.03. The summed E-state index contributed by atoms with van der Waals surface area (Å²) in [5, 5.41) is 3.40. The summed E-state index contributed by atoms with van der Waals surface area (Å²) in [5.74, 6) is 0.980. The van der Waals surface area contributed by atoms with Gasteiger partial charge in [-0.15, -0.1) is 0 Å². The predicted octanol–water partition coefficient (Wildman–Crippen LogP) is 3.23. The molecule has 1 aliphatic rings. The molecule has 3 nitrogen and oxygen atoms in total. The smallest absolute Gasteiger partial charge is 0.0568 e. The SMILES string of the molecule is Nc1ccc(NCCCC2CCCC2)cc1N. The molecular formula is C14H23N3. The van der Waals surface area contributed by atoms with Crippen LogP contribution in [-0.2, 0) is 0 Å². The molecule has 1 saturated carbocycles. The van der Waals surface area contributed by atoms with Crippen molar-refractivity contribution in [2.75, 3.05) is 23.3 Å². The van der Waals surface area contributed by atoms with Crippen LogP contribution < -0.4 is 16.8 Å². The number of nitrogens with one attached hydrogen (secondary N) is 1. The highest BCUT2D eigenvalue weighted by molar-refractivity contribution is 5.69. The quantitative estimate of drug-likeness (QED) is 0.540. The Balaban J connectivity index is 1.68. The number of nitrogen functional groups attached to an aromatic ring is 2. The lowest BCUT2D eigenvalue weighted by molar-refractivity contribution is 0.491. The van der Waals surface area contributed by atoms with Gasteiger partial charge in [0.25, 0.3) is 0 Å². The van der Waals surface area contributed by atoms with Gasteiger partial charge in [-0.25, -0.2) is 0 Å². The van der Waals surface area contributed by atoms with Gasteiger partial charge in [-0.05, 0) is 37.0 Å². The average Bonchev–Trinajstić information content (AvgIpc) is 2.82. The zero-order chi connectivity index (χ0) is 12.1. The Kier molecular flexibility index (Phi) is 4.13. The van der Waals surface area contributed by atoms with Crippen LogP contribution in [0.15, 0.2) is 18.2 Å². The van der Waals surface area contributed by atoms with E-state index in [1.807, 2.05) is 18.2 Å². The van der Waals surface area contributed by atoms with Gasteiger partial charge in [0, 0.05) is 12.2 Å². The Hall–Kier alpha value is -1.38. The van der Waals surface area contributed by atoms with Gasteiger partial charge in [0.05, 0.1) is 11.4 Å². The number of benzene rings is 1. The maximum atomic E-state index is 5.76. The molecule has 2 rings (SSSR count). The zero-order valence-electron chi connectivity index (χ0n) is 10.4. The number of hydrogen-bond donors (Lipinski definition) is 3. The van der Waals surface area contributed by atoms with Crippen molar-refractivity contribution in [1.82, 2.24) is 0 Å². The summed E-state index contributed by atoms with van der Waals surface area (Å²) in [4.78, 5) is 0. The molecule has 1 fully saturated rings. The van der Waals surface area contributed by atoms with E-state index in [4.69, 9.17) is 11.5 Å². The number of rotatable bonds is 5. The highest BCUT2D eigenvalue weighted by atomic mass is 14.9. The van der Waals surface area contributed by atoms with E-state index < -0.39 is 0 Å². The fourth-order valence-corrected chi connectivity index (χ4v) is 2.61. The molecule has 3 heteroatoms. The molecule has 0 aliphatic heterocycles. The summed E-state index contributed by atoms with van der Waals surface area (Å²) < 4.78 is 0. The molecule has 0 amide bonds. The van der Waals surface area contributed by atoms with Crippen molar-refractivity contribution >= 4 is 17.1 Å². The molecule has 0 unspecified atom stereocenters. The first-order valence-electron chi connectivity index (χ1n) is 6.64. The maximum Gasteiger partial charge on any atom is 0.0568 e. The van der Waals surface area contributed by atoms with Crippen LogP contribution in [0.2, 0.25) is 0 Å². The van der Waals surface area contributed by atoms with Crippen molar-refractivity contribution in [2.45, 2.75) is 38.5 Å².